The van der Waals surface area contributed by atoms with Gasteiger partial charge in [0.25, 0.3) is 0 Å². The summed E-state index contributed by atoms with van der Waals surface area (Å²) in [5, 5.41) is 0. The number of ether oxygens (including phenoxy) is 2. The summed E-state index contributed by atoms with van der Waals surface area (Å²) in [5.74, 6) is -0.126. The molecule has 0 fully saturated rings. The molecule has 4 aromatic rings. The van der Waals surface area contributed by atoms with E-state index in [1.54, 1.807) is 30.3 Å². The van der Waals surface area contributed by atoms with Gasteiger partial charge in [-0.2, -0.15) is 0 Å². The van der Waals surface area contributed by atoms with Crippen LogP contribution in [0.4, 0.5) is 16.2 Å². The Balaban J connectivity index is 1.75. The van der Waals surface area contributed by atoms with E-state index in [0.717, 1.165) is 5.56 Å². The number of amides is 1. The highest BCUT2D eigenvalue weighted by molar-refractivity contribution is 5.97. The molecule has 4 aromatic carbocycles. The fraction of sp³-hybridized carbons (Fsp3) is 0.161. The number of benzene rings is 4. The van der Waals surface area contributed by atoms with Crippen LogP contribution in [0, 0.1) is 6.92 Å². The summed E-state index contributed by atoms with van der Waals surface area (Å²) in [4.78, 5) is 28.0. The Hall–Kier alpha value is -4.38. The number of carbonyl (C=O) groups excluding carboxylic acids is 2. The molecule has 0 aromatic heterocycles. The normalized spacial score (nSPS) is 11.0. The Bertz CT molecular complexity index is 1300. The van der Waals surface area contributed by atoms with Gasteiger partial charge in [0, 0.05) is 0 Å². The minimum atomic E-state index is -0.615. The molecule has 4 rings (SSSR count). The molecule has 0 heterocycles. The van der Waals surface area contributed by atoms with Gasteiger partial charge in [-0.1, -0.05) is 81.4 Å². The topological polar surface area (TPSA) is 55.8 Å². The molecule has 5 heteroatoms. The number of hydrogen-bond acceptors (Lipinski definition) is 4. The maximum Gasteiger partial charge on any atom is 0.424 e. The molecule has 0 atom stereocenters. The van der Waals surface area contributed by atoms with Gasteiger partial charge in [0.1, 0.15) is 0 Å². The molecule has 0 aliphatic heterocycles. The van der Waals surface area contributed by atoms with Crippen LogP contribution in [0.1, 0.15) is 42.3 Å². The summed E-state index contributed by atoms with van der Waals surface area (Å²) >= 11 is 0. The molecule has 0 aliphatic rings. The van der Waals surface area contributed by atoms with E-state index in [2.05, 4.69) is 20.8 Å². The van der Waals surface area contributed by atoms with Crippen LogP contribution in [0.3, 0.4) is 0 Å². The van der Waals surface area contributed by atoms with E-state index in [1.807, 2.05) is 79.7 Å². The number of carbonyl (C=O) groups is 2. The zero-order chi connectivity index (χ0) is 25.7. The van der Waals surface area contributed by atoms with E-state index in [1.165, 1.54) is 4.90 Å². The molecule has 36 heavy (non-hydrogen) atoms. The molecule has 5 nitrogen and oxygen atoms in total. The summed E-state index contributed by atoms with van der Waals surface area (Å²) < 4.78 is 11.8. The van der Waals surface area contributed by atoms with Crippen LogP contribution in [0.2, 0.25) is 0 Å². The largest absolute Gasteiger partial charge is 0.424 e. The minimum absolute atomic E-state index is 0.197. The minimum Gasteiger partial charge on any atom is -0.419 e. The van der Waals surface area contributed by atoms with Gasteiger partial charge < -0.3 is 9.47 Å². The van der Waals surface area contributed by atoms with Crippen LogP contribution in [-0.2, 0) is 5.41 Å². The average Bonchev–Trinajstić information content (AvgIpc) is 2.87. The predicted molar refractivity (Wildman–Crippen MR) is 142 cm³/mol. The number of rotatable bonds is 5. The van der Waals surface area contributed by atoms with E-state index in [-0.39, 0.29) is 16.9 Å². The third-order valence-corrected chi connectivity index (χ3v) is 5.72. The first-order chi connectivity index (χ1) is 17.2. The molecule has 0 saturated carbocycles. The highest BCUT2D eigenvalue weighted by atomic mass is 16.6. The Labute approximate surface area is 211 Å². The van der Waals surface area contributed by atoms with Crippen molar-refractivity contribution in [1.29, 1.82) is 0 Å². The van der Waals surface area contributed by atoms with Crippen molar-refractivity contribution in [3.05, 3.63) is 120 Å². The van der Waals surface area contributed by atoms with Gasteiger partial charge in [0.15, 0.2) is 11.5 Å². The van der Waals surface area contributed by atoms with E-state index in [0.29, 0.717) is 22.5 Å². The van der Waals surface area contributed by atoms with E-state index in [4.69, 9.17) is 9.47 Å². The quantitative estimate of drug-likeness (QED) is 0.216. The second kappa shape index (κ2) is 10.5. The molecule has 0 aliphatic carbocycles. The van der Waals surface area contributed by atoms with Crippen molar-refractivity contribution >= 4 is 23.4 Å². The van der Waals surface area contributed by atoms with Gasteiger partial charge in [-0.15, -0.1) is 0 Å². The molecule has 0 saturated heterocycles. The van der Waals surface area contributed by atoms with Crippen LogP contribution < -0.4 is 14.4 Å². The van der Waals surface area contributed by atoms with Crippen LogP contribution in [-0.4, -0.2) is 12.1 Å². The molecule has 0 bridgehead atoms. The fourth-order valence-electron chi connectivity index (χ4n) is 3.76. The van der Waals surface area contributed by atoms with Crippen molar-refractivity contribution in [3.63, 3.8) is 0 Å². The van der Waals surface area contributed by atoms with Gasteiger partial charge in [0.2, 0.25) is 0 Å². The van der Waals surface area contributed by atoms with Crippen molar-refractivity contribution in [2.75, 3.05) is 4.90 Å². The molecular formula is C31H29NO4. The Morgan fingerprint density at radius 2 is 1.19 bits per heavy atom. The zero-order valence-electron chi connectivity index (χ0n) is 20.9. The molecule has 182 valence electrons. The third kappa shape index (κ3) is 5.63. The van der Waals surface area contributed by atoms with Gasteiger partial charge in [-0.3, -0.25) is 0 Å². The van der Waals surface area contributed by atoms with Crippen molar-refractivity contribution < 1.29 is 19.1 Å². The Kier molecular flexibility index (Phi) is 7.20. The van der Waals surface area contributed by atoms with Crippen molar-refractivity contribution in [2.45, 2.75) is 33.1 Å². The lowest BCUT2D eigenvalue weighted by Crippen LogP contribution is -2.29. The highest BCUT2D eigenvalue weighted by Crippen LogP contribution is 2.38. The second-order valence-corrected chi connectivity index (χ2v) is 9.50. The number of aryl methyl sites for hydroxylation is 1. The molecule has 0 radical (unpaired) electrons. The lowest BCUT2D eigenvalue weighted by atomic mass is 9.86. The standard InChI is InChI=1S/C31H29NO4/c1-22-20-24(31(2,3)4)21-27(35-29(33)23-14-8-5-9-15-23)28(22)36-30(34)32(25-16-10-6-11-17-25)26-18-12-7-13-19-26/h5-21H,1-4H3. The number of nitrogens with zero attached hydrogens (tertiary/aromatic N) is 1. The Morgan fingerprint density at radius 1 is 0.694 bits per heavy atom. The smallest absolute Gasteiger partial charge is 0.419 e. The Morgan fingerprint density at radius 3 is 1.69 bits per heavy atom. The average molecular weight is 480 g/mol. The highest BCUT2D eigenvalue weighted by Gasteiger charge is 2.26. The van der Waals surface area contributed by atoms with Gasteiger partial charge >= 0.3 is 12.1 Å². The first-order valence-electron chi connectivity index (χ1n) is 11.8. The summed E-state index contributed by atoms with van der Waals surface area (Å²) in [5.41, 5.74) is 3.15. The maximum absolute atomic E-state index is 13.6. The van der Waals surface area contributed by atoms with Crippen LogP contribution in [0.25, 0.3) is 0 Å². The number of anilines is 2. The molecule has 0 N–H and O–H groups in total. The van der Waals surface area contributed by atoms with E-state index >= 15 is 0 Å². The number of para-hydroxylation sites is 2. The predicted octanol–water partition coefficient (Wildman–Crippen LogP) is 7.85. The van der Waals surface area contributed by atoms with Crippen molar-refractivity contribution in [1.82, 2.24) is 0 Å². The molecule has 1 amide bonds. The monoisotopic (exact) mass is 479 g/mol. The van der Waals surface area contributed by atoms with Gasteiger partial charge in [-0.05, 0) is 65.9 Å². The summed E-state index contributed by atoms with van der Waals surface area (Å²) in [6, 6.07) is 31.0. The molecule has 0 unspecified atom stereocenters. The van der Waals surface area contributed by atoms with Crippen LogP contribution in [0.5, 0.6) is 11.5 Å². The third-order valence-electron chi connectivity index (χ3n) is 5.72. The van der Waals surface area contributed by atoms with E-state index in [9.17, 15) is 9.59 Å². The van der Waals surface area contributed by atoms with Gasteiger partial charge in [-0.25, -0.2) is 14.5 Å². The summed E-state index contributed by atoms with van der Waals surface area (Å²) in [6.45, 7) is 8.06. The van der Waals surface area contributed by atoms with Crippen LogP contribution in [0.15, 0.2) is 103 Å². The first-order valence-corrected chi connectivity index (χ1v) is 11.8. The number of hydrogen-bond donors (Lipinski definition) is 0. The number of esters is 1. The molecule has 0 spiro atoms. The fourth-order valence-corrected chi connectivity index (χ4v) is 3.76. The SMILES string of the molecule is Cc1cc(C(C)(C)C)cc(OC(=O)c2ccccc2)c1OC(=O)N(c1ccccc1)c1ccccc1. The zero-order valence-corrected chi connectivity index (χ0v) is 20.9. The lowest BCUT2D eigenvalue weighted by Gasteiger charge is -2.25. The second-order valence-electron chi connectivity index (χ2n) is 9.50. The van der Waals surface area contributed by atoms with Crippen molar-refractivity contribution in [2.24, 2.45) is 0 Å². The van der Waals surface area contributed by atoms with E-state index < -0.39 is 12.1 Å². The first kappa shape index (κ1) is 24.7. The van der Waals surface area contributed by atoms with Crippen LogP contribution >= 0.6 is 0 Å². The lowest BCUT2D eigenvalue weighted by molar-refractivity contribution is 0.0729. The molecular weight excluding hydrogens is 450 g/mol. The summed E-state index contributed by atoms with van der Waals surface area (Å²) in [6.07, 6.45) is -0.615. The maximum atomic E-state index is 13.6. The van der Waals surface area contributed by atoms with Gasteiger partial charge in [0.05, 0.1) is 16.9 Å². The van der Waals surface area contributed by atoms with Crippen molar-refractivity contribution in [3.8, 4) is 11.5 Å². The summed E-state index contributed by atoms with van der Waals surface area (Å²) in [7, 11) is 0.